The molecule has 0 spiro atoms. The smallest absolute Gasteiger partial charge is 0.348 e. The zero-order valence-corrected chi connectivity index (χ0v) is 18.0. The van der Waals surface area contributed by atoms with Crippen molar-refractivity contribution >= 4 is 55.5 Å². The number of ether oxygens (including phenoxy) is 2. The molecule has 0 radical (unpaired) electrons. The second-order valence-electron chi connectivity index (χ2n) is 6.37. The van der Waals surface area contributed by atoms with Crippen molar-refractivity contribution in [3.63, 3.8) is 0 Å². The number of hydrogen-bond acceptors (Lipinski definition) is 7. The molecule has 0 bridgehead atoms. The summed E-state index contributed by atoms with van der Waals surface area (Å²) < 4.78 is 11.8. The topological polar surface area (TPSA) is 68.7 Å². The average Bonchev–Trinajstić information content (AvgIpc) is 3.39. The maximum Gasteiger partial charge on any atom is 0.348 e. The van der Waals surface area contributed by atoms with E-state index in [9.17, 15) is 9.59 Å². The van der Waals surface area contributed by atoms with E-state index >= 15 is 0 Å². The Morgan fingerprint density at radius 3 is 2.63 bits per heavy atom. The van der Waals surface area contributed by atoms with E-state index in [4.69, 9.17) is 9.47 Å². The van der Waals surface area contributed by atoms with E-state index in [1.807, 2.05) is 42.5 Å². The summed E-state index contributed by atoms with van der Waals surface area (Å²) in [4.78, 5) is 31.3. The standard InChI is InChI=1S/C22H18N2O4S2/c1-14(25)24(17-8-4-5-9-18(17)27-2)22-23-16(13-29-22)12-28-21(26)20-11-15-7-3-6-10-19(15)30-20/h3-11,13H,12H2,1-2H3. The van der Waals surface area contributed by atoms with Gasteiger partial charge in [0.1, 0.15) is 17.2 Å². The number of benzene rings is 2. The maximum atomic E-state index is 12.4. The highest BCUT2D eigenvalue weighted by atomic mass is 32.1. The molecule has 2 heterocycles. The van der Waals surface area contributed by atoms with E-state index < -0.39 is 0 Å². The predicted molar refractivity (Wildman–Crippen MR) is 119 cm³/mol. The number of thiazole rings is 1. The first kappa shape index (κ1) is 20.1. The molecular formula is C22H18N2O4S2. The highest BCUT2D eigenvalue weighted by molar-refractivity contribution is 7.20. The normalized spacial score (nSPS) is 10.7. The fourth-order valence-electron chi connectivity index (χ4n) is 2.98. The van der Waals surface area contributed by atoms with Crippen LogP contribution in [0.5, 0.6) is 5.75 Å². The van der Waals surface area contributed by atoms with Crippen LogP contribution in [0.1, 0.15) is 22.3 Å². The van der Waals surface area contributed by atoms with Crippen LogP contribution in [0.3, 0.4) is 0 Å². The first-order chi connectivity index (χ1) is 14.6. The third-order valence-corrected chi connectivity index (χ3v) is 6.32. The van der Waals surface area contributed by atoms with Crippen molar-refractivity contribution < 1.29 is 19.1 Å². The van der Waals surface area contributed by atoms with Crippen LogP contribution in [0.15, 0.2) is 60.0 Å². The average molecular weight is 439 g/mol. The second kappa shape index (κ2) is 8.64. The number of fused-ring (bicyclic) bond motifs is 1. The highest BCUT2D eigenvalue weighted by Gasteiger charge is 2.21. The lowest BCUT2D eigenvalue weighted by Gasteiger charge is -2.20. The fourth-order valence-corrected chi connectivity index (χ4v) is 4.80. The number of esters is 1. The molecule has 0 aliphatic carbocycles. The van der Waals surface area contributed by atoms with Gasteiger partial charge >= 0.3 is 5.97 Å². The van der Waals surface area contributed by atoms with Gasteiger partial charge in [-0.2, -0.15) is 0 Å². The van der Waals surface area contributed by atoms with Crippen molar-refractivity contribution in [3.05, 3.63) is 70.5 Å². The number of thiophene rings is 1. The SMILES string of the molecule is COc1ccccc1N(C(C)=O)c1nc(COC(=O)c2cc3ccccc3s2)cs1. The number of methoxy groups -OCH3 is 1. The van der Waals surface area contributed by atoms with Crippen molar-refractivity contribution in [3.8, 4) is 5.75 Å². The van der Waals surface area contributed by atoms with Crippen molar-refractivity contribution in [2.45, 2.75) is 13.5 Å². The first-order valence-electron chi connectivity index (χ1n) is 9.10. The van der Waals surface area contributed by atoms with Crippen LogP contribution in [0.4, 0.5) is 10.8 Å². The summed E-state index contributed by atoms with van der Waals surface area (Å²) >= 11 is 2.70. The minimum absolute atomic E-state index is 0.0290. The van der Waals surface area contributed by atoms with Crippen LogP contribution in [-0.4, -0.2) is 24.0 Å². The highest BCUT2D eigenvalue weighted by Crippen LogP contribution is 2.35. The number of aromatic nitrogens is 1. The molecule has 0 atom stereocenters. The van der Waals surface area contributed by atoms with Gasteiger partial charge in [-0.15, -0.1) is 22.7 Å². The van der Waals surface area contributed by atoms with Gasteiger partial charge in [-0.3, -0.25) is 9.69 Å². The molecule has 6 nitrogen and oxygen atoms in total. The number of carbonyl (C=O) groups is 2. The van der Waals surface area contributed by atoms with Crippen LogP contribution in [0.2, 0.25) is 0 Å². The number of hydrogen-bond donors (Lipinski definition) is 0. The van der Waals surface area contributed by atoms with Crippen LogP contribution in [-0.2, 0) is 16.1 Å². The minimum atomic E-state index is -0.390. The van der Waals surface area contributed by atoms with E-state index in [1.165, 1.54) is 34.5 Å². The largest absolute Gasteiger partial charge is 0.495 e. The van der Waals surface area contributed by atoms with Crippen molar-refractivity contribution in [1.82, 2.24) is 4.98 Å². The Hall–Kier alpha value is -3.23. The van der Waals surface area contributed by atoms with E-state index in [-0.39, 0.29) is 18.5 Å². The number of rotatable bonds is 6. The quantitative estimate of drug-likeness (QED) is 0.377. The fraction of sp³-hybridized carbons (Fsp3) is 0.136. The van der Waals surface area contributed by atoms with Crippen LogP contribution < -0.4 is 9.64 Å². The van der Waals surface area contributed by atoms with Crippen molar-refractivity contribution in [2.24, 2.45) is 0 Å². The molecule has 0 aliphatic heterocycles. The van der Waals surface area contributed by atoms with E-state index in [0.29, 0.717) is 27.1 Å². The molecule has 0 saturated carbocycles. The Balaban J connectivity index is 1.50. The summed E-state index contributed by atoms with van der Waals surface area (Å²) in [6.07, 6.45) is 0. The lowest BCUT2D eigenvalue weighted by molar-refractivity contribution is -0.115. The zero-order chi connectivity index (χ0) is 21.1. The van der Waals surface area contributed by atoms with Gasteiger partial charge in [0, 0.05) is 17.0 Å². The molecule has 4 aromatic rings. The molecule has 0 aliphatic rings. The van der Waals surface area contributed by atoms with Crippen LogP contribution in [0, 0.1) is 0 Å². The molecule has 30 heavy (non-hydrogen) atoms. The summed E-state index contributed by atoms with van der Waals surface area (Å²) in [6, 6.07) is 16.9. The number of nitrogens with zero attached hydrogens (tertiary/aromatic N) is 2. The molecule has 2 aromatic heterocycles. The Bertz CT molecular complexity index is 1180. The summed E-state index contributed by atoms with van der Waals surface area (Å²) in [5.41, 5.74) is 1.18. The minimum Gasteiger partial charge on any atom is -0.495 e. The monoisotopic (exact) mass is 438 g/mol. The molecule has 8 heteroatoms. The van der Waals surface area contributed by atoms with Gasteiger partial charge in [0.05, 0.1) is 18.5 Å². The molecule has 0 N–H and O–H groups in total. The van der Waals surface area contributed by atoms with E-state index in [1.54, 1.807) is 24.6 Å². The molecule has 152 valence electrons. The molecule has 4 rings (SSSR count). The Morgan fingerprint density at radius 1 is 1.10 bits per heavy atom. The van der Waals surface area contributed by atoms with Crippen molar-refractivity contribution in [1.29, 1.82) is 0 Å². The zero-order valence-electron chi connectivity index (χ0n) is 16.3. The summed E-state index contributed by atoms with van der Waals surface area (Å²) in [5, 5.41) is 3.28. The molecular weight excluding hydrogens is 420 g/mol. The number of para-hydroxylation sites is 2. The van der Waals surface area contributed by atoms with Gasteiger partial charge in [0.2, 0.25) is 5.91 Å². The van der Waals surface area contributed by atoms with Gasteiger partial charge in [-0.25, -0.2) is 9.78 Å². The predicted octanol–water partition coefficient (Wildman–Crippen LogP) is 5.41. The molecule has 1 amide bonds. The lowest BCUT2D eigenvalue weighted by atomic mass is 10.2. The van der Waals surface area contributed by atoms with Gasteiger partial charge in [0.25, 0.3) is 0 Å². The summed E-state index contributed by atoms with van der Waals surface area (Å²) in [5.74, 6) is -0.0118. The van der Waals surface area contributed by atoms with Crippen LogP contribution in [0.25, 0.3) is 10.1 Å². The van der Waals surface area contributed by atoms with Crippen molar-refractivity contribution in [2.75, 3.05) is 12.0 Å². The van der Waals surface area contributed by atoms with E-state index in [2.05, 4.69) is 4.98 Å². The lowest BCUT2D eigenvalue weighted by Crippen LogP contribution is -2.23. The molecule has 0 unspecified atom stereocenters. The third kappa shape index (κ3) is 4.05. The number of carbonyl (C=O) groups excluding carboxylic acids is 2. The molecule has 0 fully saturated rings. The first-order valence-corrected chi connectivity index (χ1v) is 10.8. The molecule has 2 aromatic carbocycles. The number of anilines is 2. The van der Waals surface area contributed by atoms with Gasteiger partial charge in [-0.05, 0) is 29.7 Å². The van der Waals surface area contributed by atoms with E-state index in [0.717, 1.165) is 10.1 Å². The van der Waals surface area contributed by atoms with Crippen LogP contribution >= 0.6 is 22.7 Å². The Morgan fingerprint density at radius 2 is 1.87 bits per heavy atom. The maximum absolute atomic E-state index is 12.4. The van der Waals surface area contributed by atoms with Gasteiger partial charge in [0.15, 0.2) is 5.13 Å². The van der Waals surface area contributed by atoms with Gasteiger partial charge in [-0.1, -0.05) is 30.3 Å². The summed E-state index contributed by atoms with van der Waals surface area (Å²) in [7, 11) is 1.55. The Labute approximate surface area is 181 Å². The third-order valence-electron chi connectivity index (χ3n) is 4.35. The summed E-state index contributed by atoms with van der Waals surface area (Å²) in [6.45, 7) is 1.50. The molecule has 0 saturated heterocycles. The second-order valence-corrected chi connectivity index (χ2v) is 8.29. The Kier molecular flexibility index (Phi) is 5.78. The number of amides is 1. The van der Waals surface area contributed by atoms with Gasteiger partial charge < -0.3 is 9.47 Å².